The Balaban J connectivity index is 2.66. The van der Waals surface area contributed by atoms with Crippen LogP contribution in [0.25, 0.3) is 21.9 Å². The summed E-state index contributed by atoms with van der Waals surface area (Å²) < 4.78 is 0. The topological polar surface area (TPSA) is 61.8 Å². The largest absolute Gasteiger partial charge is 0.506 e. The molecule has 0 bridgehead atoms. The summed E-state index contributed by atoms with van der Waals surface area (Å²) in [6.45, 7) is 0. The van der Waals surface area contributed by atoms with Gasteiger partial charge < -0.3 is 10.1 Å². The highest BCUT2D eigenvalue weighted by Gasteiger charge is 2.07. The summed E-state index contributed by atoms with van der Waals surface area (Å²) in [4.78, 5) is 11.2. The van der Waals surface area contributed by atoms with Gasteiger partial charge in [-0.25, -0.2) is 9.97 Å². The summed E-state index contributed by atoms with van der Waals surface area (Å²) in [5.74, 6) is 0.160. The van der Waals surface area contributed by atoms with E-state index in [1.54, 1.807) is 6.07 Å². The van der Waals surface area contributed by atoms with Crippen molar-refractivity contribution >= 4 is 21.9 Å². The zero-order chi connectivity index (χ0) is 9.54. The number of hydrogen-bond donors (Lipinski definition) is 2. The van der Waals surface area contributed by atoms with Crippen LogP contribution in [-0.4, -0.2) is 20.1 Å². The van der Waals surface area contributed by atoms with Gasteiger partial charge in [-0.05, 0) is 12.1 Å². The molecule has 0 unspecified atom stereocenters. The number of H-pyrrole nitrogens is 1. The lowest BCUT2D eigenvalue weighted by Gasteiger charge is -1.99. The minimum Gasteiger partial charge on any atom is -0.506 e. The Morgan fingerprint density at radius 3 is 3.00 bits per heavy atom. The first-order valence-corrected chi connectivity index (χ1v) is 4.26. The van der Waals surface area contributed by atoms with E-state index in [-0.39, 0.29) is 5.75 Å². The van der Waals surface area contributed by atoms with E-state index in [2.05, 4.69) is 15.0 Å². The zero-order valence-electron chi connectivity index (χ0n) is 7.23. The number of aromatic nitrogens is 3. The first-order chi connectivity index (χ1) is 6.86. The highest BCUT2D eigenvalue weighted by Crippen LogP contribution is 2.28. The summed E-state index contributed by atoms with van der Waals surface area (Å²) in [7, 11) is 0. The van der Waals surface area contributed by atoms with Crippen LogP contribution in [0, 0.1) is 0 Å². The summed E-state index contributed by atoms with van der Waals surface area (Å²) in [6, 6.07) is 5.50. The third-order valence-corrected chi connectivity index (χ3v) is 2.26. The fourth-order valence-corrected chi connectivity index (χ4v) is 1.63. The van der Waals surface area contributed by atoms with Gasteiger partial charge >= 0.3 is 0 Å². The van der Waals surface area contributed by atoms with E-state index in [9.17, 15) is 5.11 Å². The number of phenolic OH excluding ortho intramolecular Hbond substituents is 1. The summed E-state index contributed by atoms with van der Waals surface area (Å²) in [5, 5.41) is 10.6. The number of aromatic hydroxyl groups is 1. The number of benzene rings is 1. The Bertz CT molecular complexity index is 615. The van der Waals surface area contributed by atoms with Gasteiger partial charge in [0, 0.05) is 17.6 Å². The number of imidazole rings is 1. The smallest absolute Gasteiger partial charge is 0.145 e. The first-order valence-electron chi connectivity index (χ1n) is 4.26. The fraction of sp³-hybridized carbons (Fsp3) is 0. The molecule has 14 heavy (non-hydrogen) atoms. The van der Waals surface area contributed by atoms with Crippen LogP contribution >= 0.6 is 0 Å². The molecule has 2 heterocycles. The van der Waals surface area contributed by atoms with Crippen molar-refractivity contribution in [2.45, 2.75) is 0 Å². The van der Waals surface area contributed by atoms with Crippen molar-refractivity contribution in [2.24, 2.45) is 0 Å². The van der Waals surface area contributed by atoms with Gasteiger partial charge in [-0.1, -0.05) is 0 Å². The van der Waals surface area contributed by atoms with E-state index >= 15 is 0 Å². The number of fused-ring (bicyclic) bond motifs is 3. The molecule has 1 aromatic carbocycles. The highest BCUT2D eigenvalue weighted by molar-refractivity contribution is 6.05. The molecular weight excluding hydrogens is 178 g/mol. The quantitative estimate of drug-likeness (QED) is 0.561. The molecule has 0 atom stereocenters. The lowest BCUT2D eigenvalue weighted by Crippen LogP contribution is -1.80. The molecular formula is C10H7N3O. The molecule has 0 amide bonds. The van der Waals surface area contributed by atoms with Crippen molar-refractivity contribution in [3.63, 3.8) is 0 Å². The number of pyridine rings is 1. The van der Waals surface area contributed by atoms with Gasteiger partial charge in [-0.2, -0.15) is 0 Å². The molecule has 0 fully saturated rings. The third-order valence-electron chi connectivity index (χ3n) is 2.26. The second-order valence-electron chi connectivity index (χ2n) is 3.10. The Kier molecular flexibility index (Phi) is 1.28. The zero-order valence-corrected chi connectivity index (χ0v) is 7.23. The Morgan fingerprint density at radius 2 is 2.07 bits per heavy atom. The van der Waals surface area contributed by atoms with Crippen LogP contribution in [0.3, 0.4) is 0 Å². The predicted octanol–water partition coefficient (Wildman–Crippen LogP) is 1.82. The van der Waals surface area contributed by atoms with Crippen LogP contribution in [0.1, 0.15) is 0 Å². The number of nitrogens with zero attached hydrogens (tertiary/aromatic N) is 2. The number of aromatic amines is 1. The van der Waals surface area contributed by atoms with E-state index < -0.39 is 0 Å². The van der Waals surface area contributed by atoms with Crippen molar-refractivity contribution in [3.8, 4) is 5.75 Å². The average Bonchev–Trinajstić information content (AvgIpc) is 2.67. The van der Waals surface area contributed by atoms with E-state index in [4.69, 9.17) is 0 Å². The van der Waals surface area contributed by atoms with Crippen LogP contribution < -0.4 is 0 Å². The van der Waals surface area contributed by atoms with Crippen LogP contribution in [0.2, 0.25) is 0 Å². The fourth-order valence-electron chi connectivity index (χ4n) is 1.63. The first kappa shape index (κ1) is 7.32. The summed E-state index contributed by atoms with van der Waals surface area (Å²) >= 11 is 0. The SMILES string of the molecule is Oc1cc2[nH]cccc2c2ncnc12. The molecule has 3 rings (SSSR count). The van der Waals surface area contributed by atoms with Gasteiger partial charge in [0.1, 0.15) is 23.1 Å². The molecule has 0 aliphatic carbocycles. The van der Waals surface area contributed by atoms with Gasteiger partial charge in [0.2, 0.25) is 0 Å². The maximum absolute atomic E-state index is 9.64. The van der Waals surface area contributed by atoms with Gasteiger partial charge in [0.25, 0.3) is 0 Å². The van der Waals surface area contributed by atoms with Crippen molar-refractivity contribution in [3.05, 3.63) is 30.7 Å². The molecule has 2 N–H and O–H groups in total. The van der Waals surface area contributed by atoms with Gasteiger partial charge in [-0.3, -0.25) is 0 Å². The normalized spacial score (nSPS) is 11.1. The van der Waals surface area contributed by atoms with Crippen molar-refractivity contribution in [1.29, 1.82) is 0 Å². The Hall–Kier alpha value is -2.10. The lowest BCUT2D eigenvalue weighted by atomic mass is 10.2. The molecule has 4 heteroatoms. The molecule has 0 radical (unpaired) electrons. The molecule has 0 spiro atoms. The van der Waals surface area contributed by atoms with Gasteiger partial charge in [-0.15, -0.1) is 0 Å². The molecule has 0 saturated carbocycles. The van der Waals surface area contributed by atoms with Crippen LogP contribution in [0.15, 0.2) is 30.7 Å². The van der Waals surface area contributed by atoms with Crippen LogP contribution in [0.4, 0.5) is 0 Å². The Morgan fingerprint density at radius 1 is 1.21 bits per heavy atom. The minimum absolute atomic E-state index is 0.160. The number of hydrogen-bond acceptors (Lipinski definition) is 3. The van der Waals surface area contributed by atoms with E-state index in [0.29, 0.717) is 5.52 Å². The van der Waals surface area contributed by atoms with E-state index in [1.165, 1.54) is 6.33 Å². The van der Waals surface area contributed by atoms with Gasteiger partial charge in [0.05, 0.1) is 5.52 Å². The summed E-state index contributed by atoms with van der Waals surface area (Å²) in [5.41, 5.74) is 2.15. The maximum atomic E-state index is 9.64. The van der Waals surface area contributed by atoms with Crippen molar-refractivity contribution in [1.82, 2.24) is 15.0 Å². The maximum Gasteiger partial charge on any atom is 0.145 e. The second-order valence-corrected chi connectivity index (χ2v) is 3.10. The average molecular weight is 185 g/mol. The highest BCUT2D eigenvalue weighted by atomic mass is 16.3. The molecule has 68 valence electrons. The predicted molar refractivity (Wildman–Crippen MR) is 53.1 cm³/mol. The Labute approximate surface area is 79.2 Å². The monoisotopic (exact) mass is 185 g/mol. The molecule has 4 nitrogen and oxygen atoms in total. The molecule has 0 aliphatic rings. The van der Waals surface area contributed by atoms with Crippen molar-refractivity contribution < 1.29 is 5.11 Å². The van der Waals surface area contributed by atoms with Gasteiger partial charge in [0.15, 0.2) is 0 Å². The molecule has 2 aromatic heterocycles. The number of nitrogens with one attached hydrogen (secondary N) is 1. The molecule has 3 aromatic rings. The van der Waals surface area contributed by atoms with Crippen LogP contribution in [0.5, 0.6) is 5.75 Å². The lowest BCUT2D eigenvalue weighted by molar-refractivity contribution is 0.481. The minimum atomic E-state index is 0.160. The number of rotatable bonds is 0. The molecule has 0 saturated heterocycles. The van der Waals surface area contributed by atoms with E-state index in [1.807, 2.05) is 18.3 Å². The second kappa shape index (κ2) is 2.45. The molecule has 0 aliphatic heterocycles. The summed E-state index contributed by atoms with van der Waals surface area (Å²) in [6.07, 6.45) is 3.26. The van der Waals surface area contributed by atoms with Crippen molar-refractivity contribution in [2.75, 3.05) is 0 Å². The number of phenols is 1. The third kappa shape index (κ3) is 0.821. The standard InChI is InChI=1S/C10H7N3O/c14-8-4-7-6(2-1-3-11-7)9-10(8)13-5-12-9/h1-5,11,14H. The van der Waals surface area contributed by atoms with Crippen LogP contribution in [-0.2, 0) is 0 Å². The van der Waals surface area contributed by atoms with E-state index in [0.717, 1.165) is 16.4 Å².